The highest BCUT2D eigenvalue weighted by molar-refractivity contribution is 7.89. The number of sulfonamides is 1. The lowest BCUT2D eigenvalue weighted by Gasteiger charge is -2.35. The minimum Gasteiger partial charge on any atom is -0.493 e. The Bertz CT molecular complexity index is 776. The predicted octanol–water partition coefficient (Wildman–Crippen LogP) is 0.963. The number of hydrogen-bond donors (Lipinski definition) is 0. The molecule has 2 saturated heterocycles. The van der Waals surface area contributed by atoms with E-state index in [1.165, 1.54) is 30.7 Å². The van der Waals surface area contributed by atoms with E-state index in [-0.39, 0.29) is 23.3 Å². The second kappa shape index (κ2) is 8.45. The molecule has 8 nitrogen and oxygen atoms in total. The Labute approximate surface area is 160 Å². The summed E-state index contributed by atoms with van der Waals surface area (Å²) in [5.41, 5.74) is 0. The number of hydrogen-bond acceptors (Lipinski definition) is 6. The maximum atomic E-state index is 13.1. The van der Waals surface area contributed by atoms with Gasteiger partial charge in [-0.15, -0.1) is 0 Å². The van der Waals surface area contributed by atoms with Gasteiger partial charge in [0, 0.05) is 32.2 Å². The van der Waals surface area contributed by atoms with Crippen LogP contribution in [-0.4, -0.2) is 77.1 Å². The first-order chi connectivity index (χ1) is 13.0. The number of amides is 1. The fourth-order valence-corrected chi connectivity index (χ4v) is 5.07. The molecule has 1 atom stereocenters. The summed E-state index contributed by atoms with van der Waals surface area (Å²) in [6, 6.07) is 4.54. The molecule has 0 aliphatic carbocycles. The summed E-state index contributed by atoms with van der Waals surface area (Å²) in [7, 11) is -0.751. The first-order valence-corrected chi connectivity index (χ1v) is 10.5. The first-order valence-electron chi connectivity index (χ1n) is 9.06. The Hall–Kier alpha value is -1.84. The number of carbonyl (C=O) groups is 1. The van der Waals surface area contributed by atoms with Crippen LogP contribution in [0.25, 0.3) is 0 Å². The number of morpholine rings is 1. The molecule has 150 valence electrons. The van der Waals surface area contributed by atoms with Gasteiger partial charge in [0.05, 0.1) is 38.2 Å². The third kappa shape index (κ3) is 4.20. The molecule has 2 aliphatic rings. The van der Waals surface area contributed by atoms with Crippen molar-refractivity contribution < 1.29 is 27.4 Å². The van der Waals surface area contributed by atoms with E-state index in [2.05, 4.69) is 0 Å². The molecule has 2 fully saturated rings. The number of benzene rings is 1. The van der Waals surface area contributed by atoms with Crippen LogP contribution in [-0.2, 0) is 19.6 Å². The largest absolute Gasteiger partial charge is 0.493 e. The normalized spacial score (nSPS) is 21.7. The molecule has 3 rings (SSSR count). The number of ether oxygens (including phenoxy) is 3. The lowest BCUT2D eigenvalue weighted by molar-refractivity contribution is -0.140. The molecule has 0 saturated carbocycles. The van der Waals surface area contributed by atoms with Crippen molar-refractivity contribution in [3.8, 4) is 11.5 Å². The third-order valence-electron chi connectivity index (χ3n) is 5.05. The molecule has 1 aromatic carbocycles. The molecule has 9 heteroatoms. The minimum absolute atomic E-state index is 0.0190. The van der Waals surface area contributed by atoms with Crippen molar-refractivity contribution in [1.82, 2.24) is 9.21 Å². The average molecular weight is 398 g/mol. The molecular weight excluding hydrogens is 372 g/mol. The van der Waals surface area contributed by atoms with Gasteiger partial charge in [0.15, 0.2) is 11.5 Å². The van der Waals surface area contributed by atoms with Crippen molar-refractivity contribution in [3.63, 3.8) is 0 Å². The van der Waals surface area contributed by atoms with E-state index in [1.54, 1.807) is 11.0 Å². The van der Waals surface area contributed by atoms with Crippen molar-refractivity contribution in [2.45, 2.75) is 17.7 Å². The van der Waals surface area contributed by atoms with Crippen molar-refractivity contribution in [1.29, 1.82) is 0 Å². The van der Waals surface area contributed by atoms with E-state index in [9.17, 15) is 13.2 Å². The van der Waals surface area contributed by atoms with Crippen LogP contribution >= 0.6 is 0 Å². The average Bonchev–Trinajstić information content (AvgIpc) is 2.73. The Morgan fingerprint density at radius 3 is 2.48 bits per heavy atom. The van der Waals surface area contributed by atoms with E-state index >= 15 is 0 Å². The van der Waals surface area contributed by atoms with Gasteiger partial charge in [0.1, 0.15) is 0 Å². The Kier molecular flexibility index (Phi) is 6.23. The monoisotopic (exact) mass is 398 g/mol. The zero-order chi connectivity index (χ0) is 19.4. The number of rotatable bonds is 5. The number of nitrogens with zero attached hydrogens (tertiary/aromatic N) is 2. The third-order valence-corrected chi connectivity index (χ3v) is 6.91. The van der Waals surface area contributed by atoms with Gasteiger partial charge in [-0.2, -0.15) is 4.31 Å². The smallest absolute Gasteiger partial charge is 0.243 e. The zero-order valence-electron chi connectivity index (χ0n) is 15.7. The van der Waals surface area contributed by atoms with Gasteiger partial charge in [0.2, 0.25) is 15.9 Å². The number of methoxy groups -OCH3 is 2. The van der Waals surface area contributed by atoms with E-state index in [1.807, 2.05) is 0 Å². The molecule has 0 bridgehead atoms. The summed E-state index contributed by atoms with van der Waals surface area (Å²) in [6.45, 7) is 2.81. The van der Waals surface area contributed by atoms with Crippen LogP contribution in [0.1, 0.15) is 12.8 Å². The van der Waals surface area contributed by atoms with Crippen molar-refractivity contribution >= 4 is 15.9 Å². The quantitative estimate of drug-likeness (QED) is 0.735. The summed E-state index contributed by atoms with van der Waals surface area (Å²) >= 11 is 0. The summed E-state index contributed by atoms with van der Waals surface area (Å²) in [6.07, 6.45) is 1.36. The maximum absolute atomic E-state index is 13.1. The van der Waals surface area contributed by atoms with E-state index in [4.69, 9.17) is 14.2 Å². The predicted molar refractivity (Wildman–Crippen MR) is 98.4 cm³/mol. The Morgan fingerprint density at radius 1 is 1.11 bits per heavy atom. The van der Waals surface area contributed by atoms with E-state index < -0.39 is 10.0 Å². The summed E-state index contributed by atoms with van der Waals surface area (Å²) in [5.74, 6) is 0.532. The van der Waals surface area contributed by atoms with Crippen LogP contribution < -0.4 is 9.47 Å². The molecule has 2 aliphatic heterocycles. The van der Waals surface area contributed by atoms with Crippen molar-refractivity contribution in [2.24, 2.45) is 5.92 Å². The minimum atomic E-state index is -3.71. The molecular formula is C18H26N2O6S. The Balaban J connectivity index is 1.77. The fraction of sp³-hybridized carbons (Fsp3) is 0.611. The van der Waals surface area contributed by atoms with Gasteiger partial charge in [-0.1, -0.05) is 0 Å². The van der Waals surface area contributed by atoms with E-state index in [0.29, 0.717) is 57.2 Å². The number of piperidine rings is 1. The highest BCUT2D eigenvalue weighted by atomic mass is 32.2. The molecule has 2 heterocycles. The maximum Gasteiger partial charge on any atom is 0.243 e. The van der Waals surface area contributed by atoms with Gasteiger partial charge < -0.3 is 19.1 Å². The van der Waals surface area contributed by atoms with Crippen LogP contribution in [0.5, 0.6) is 11.5 Å². The Morgan fingerprint density at radius 2 is 1.81 bits per heavy atom. The van der Waals surface area contributed by atoms with Crippen LogP contribution in [0.3, 0.4) is 0 Å². The highest BCUT2D eigenvalue weighted by Gasteiger charge is 2.35. The molecule has 27 heavy (non-hydrogen) atoms. The van der Waals surface area contributed by atoms with Gasteiger partial charge in [-0.25, -0.2) is 8.42 Å². The fourth-order valence-electron chi connectivity index (χ4n) is 3.53. The van der Waals surface area contributed by atoms with E-state index in [0.717, 1.165) is 0 Å². The van der Waals surface area contributed by atoms with Crippen LogP contribution in [0.2, 0.25) is 0 Å². The molecule has 0 spiro atoms. The summed E-state index contributed by atoms with van der Waals surface area (Å²) in [4.78, 5) is 14.7. The summed E-state index contributed by atoms with van der Waals surface area (Å²) in [5, 5.41) is 0. The van der Waals surface area contributed by atoms with Gasteiger partial charge in [-0.3, -0.25) is 4.79 Å². The number of carbonyl (C=O) groups excluding carboxylic acids is 1. The molecule has 1 amide bonds. The van der Waals surface area contributed by atoms with Crippen LogP contribution in [0.4, 0.5) is 0 Å². The molecule has 1 aromatic rings. The second-order valence-corrected chi connectivity index (χ2v) is 8.59. The standard InChI is InChI=1S/C18H26N2O6S/c1-24-16-6-5-15(12-17(16)25-2)27(22,23)20-7-3-4-14(13-20)18(21)19-8-10-26-11-9-19/h5-6,12,14H,3-4,7-11,13H2,1-2H3/t14-/m1/s1. The van der Waals surface area contributed by atoms with Gasteiger partial charge >= 0.3 is 0 Å². The molecule has 0 unspecified atom stereocenters. The summed E-state index contributed by atoms with van der Waals surface area (Å²) < 4.78 is 43.2. The topological polar surface area (TPSA) is 85.4 Å². The molecule has 0 aromatic heterocycles. The van der Waals surface area contributed by atoms with Crippen molar-refractivity contribution in [2.75, 3.05) is 53.6 Å². The zero-order valence-corrected chi connectivity index (χ0v) is 16.5. The van der Waals surface area contributed by atoms with Crippen LogP contribution in [0.15, 0.2) is 23.1 Å². The van der Waals surface area contributed by atoms with Crippen LogP contribution in [0, 0.1) is 5.92 Å². The highest BCUT2D eigenvalue weighted by Crippen LogP contribution is 2.32. The lowest BCUT2D eigenvalue weighted by atomic mass is 9.98. The SMILES string of the molecule is COc1ccc(S(=O)(=O)N2CCC[C@@H](C(=O)N3CCOCC3)C2)cc1OC. The molecule has 0 radical (unpaired) electrons. The molecule has 0 N–H and O–H groups in total. The van der Waals surface area contributed by atoms with Gasteiger partial charge in [0.25, 0.3) is 0 Å². The van der Waals surface area contributed by atoms with Crippen molar-refractivity contribution in [3.05, 3.63) is 18.2 Å². The second-order valence-electron chi connectivity index (χ2n) is 6.66. The lowest BCUT2D eigenvalue weighted by Crippen LogP contribution is -2.49. The first kappa shape index (κ1) is 19.9. The van der Waals surface area contributed by atoms with Gasteiger partial charge in [-0.05, 0) is 25.0 Å².